The average Bonchev–Trinajstić information content (AvgIpc) is 2.70. The summed E-state index contributed by atoms with van der Waals surface area (Å²) in [4.78, 5) is 0. The summed E-state index contributed by atoms with van der Waals surface area (Å²) in [6.07, 6.45) is 8.45. The van der Waals surface area contributed by atoms with E-state index in [1.54, 1.807) is 7.11 Å². The molecule has 0 saturated carbocycles. The van der Waals surface area contributed by atoms with Gasteiger partial charge in [0.05, 0.1) is 13.2 Å². The lowest BCUT2D eigenvalue weighted by molar-refractivity contribution is 0.220. The van der Waals surface area contributed by atoms with Crippen LogP contribution in [0, 0.1) is 0 Å². The first-order valence-corrected chi connectivity index (χ1v) is 13.1. The minimum Gasteiger partial charge on any atom is -0.497 e. The van der Waals surface area contributed by atoms with E-state index in [-0.39, 0.29) is 6.10 Å². The second-order valence-electron chi connectivity index (χ2n) is 7.19. The van der Waals surface area contributed by atoms with Gasteiger partial charge in [-0.05, 0) is 60.7 Å². The summed E-state index contributed by atoms with van der Waals surface area (Å²) in [5, 5.41) is 0. The highest BCUT2D eigenvalue weighted by Crippen LogP contribution is 2.37. The second-order valence-corrected chi connectivity index (χ2v) is 11.9. The van der Waals surface area contributed by atoms with Crippen molar-refractivity contribution >= 4 is 8.32 Å². The van der Waals surface area contributed by atoms with Gasteiger partial charge < -0.3 is 9.16 Å². The van der Waals surface area contributed by atoms with E-state index in [2.05, 4.69) is 65.0 Å². The van der Waals surface area contributed by atoms with Crippen LogP contribution in [0.15, 0.2) is 35.9 Å². The highest BCUT2D eigenvalue weighted by Gasteiger charge is 2.33. The van der Waals surface area contributed by atoms with Crippen molar-refractivity contribution in [3.05, 3.63) is 41.5 Å². The van der Waals surface area contributed by atoms with E-state index in [4.69, 9.17) is 9.16 Å². The Labute approximate surface area is 163 Å². The summed E-state index contributed by atoms with van der Waals surface area (Å²) < 4.78 is 12.4. The molecular formula is C23H40O2Si. The molecule has 26 heavy (non-hydrogen) atoms. The first-order valence-electron chi connectivity index (χ1n) is 10.6. The number of rotatable bonds is 13. The fourth-order valence-electron chi connectivity index (χ4n) is 3.44. The van der Waals surface area contributed by atoms with Crippen LogP contribution >= 0.6 is 0 Å². The number of benzene rings is 1. The maximum atomic E-state index is 7.03. The van der Waals surface area contributed by atoms with Gasteiger partial charge >= 0.3 is 0 Å². The Kier molecular flexibility index (Phi) is 10.9. The third-order valence-electron chi connectivity index (χ3n) is 5.57. The lowest BCUT2D eigenvalue weighted by atomic mass is 9.96. The van der Waals surface area contributed by atoms with Gasteiger partial charge in [-0.1, -0.05) is 65.7 Å². The van der Waals surface area contributed by atoms with Crippen molar-refractivity contribution < 1.29 is 9.16 Å². The molecule has 1 aromatic carbocycles. The van der Waals surface area contributed by atoms with Crippen molar-refractivity contribution in [2.24, 2.45) is 0 Å². The Hall–Kier alpha value is -1.06. The molecule has 0 saturated heterocycles. The normalized spacial score (nSPS) is 13.7. The molecule has 148 valence electrons. The summed E-state index contributed by atoms with van der Waals surface area (Å²) in [7, 11) is 0.0238. The van der Waals surface area contributed by atoms with Gasteiger partial charge in [-0.15, -0.1) is 0 Å². The SMILES string of the molecule is CCC/C=C(/CCCC)[C@@H](O[Si](CC)(CC)CC)c1ccc(OC)cc1. The van der Waals surface area contributed by atoms with Crippen LogP contribution in [-0.4, -0.2) is 15.4 Å². The van der Waals surface area contributed by atoms with Crippen molar-refractivity contribution in [3.8, 4) is 5.75 Å². The van der Waals surface area contributed by atoms with Crippen LogP contribution in [0.25, 0.3) is 0 Å². The summed E-state index contributed by atoms with van der Waals surface area (Å²) in [5.41, 5.74) is 2.75. The van der Waals surface area contributed by atoms with E-state index >= 15 is 0 Å². The third kappa shape index (κ3) is 6.59. The Balaban J connectivity index is 3.27. The number of unbranched alkanes of at least 4 members (excludes halogenated alkanes) is 2. The number of hydrogen-bond donors (Lipinski definition) is 0. The van der Waals surface area contributed by atoms with Crippen LogP contribution < -0.4 is 4.74 Å². The number of methoxy groups -OCH3 is 1. The number of ether oxygens (including phenoxy) is 1. The fourth-order valence-corrected chi connectivity index (χ4v) is 6.22. The van der Waals surface area contributed by atoms with Gasteiger partial charge in [0.2, 0.25) is 0 Å². The minimum atomic E-state index is -1.70. The first kappa shape index (κ1) is 23.0. The minimum absolute atomic E-state index is 0.102. The molecule has 0 radical (unpaired) electrons. The van der Waals surface area contributed by atoms with E-state index in [1.165, 1.54) is 48.5 Å². The third-order valence-corrected chi connectivity index (χ3v) is 10.2. The maximum Gasteiger partial charge on any atom is 0.193 e. The first-order chi connectivity index (χ1) is 12.6. The maximum absolute atomic E-state index is 7.03. The van der Waals surface area contributed by atoms with Crippen molar-refractivity contribution in [2.75, 3.05) is 7.11 Å². The second kappa shape index (κ2) is 12.3. The van der Waals surface area contributed by atoms with Crippen molar-refractivity contribution in [1.82, 2.24) is 0 Å². The average molecular weight is 377 g/mol. The molecule has 1 rings (SSSR count). The molecule has 0 amide bonds. The molecule has 0 unspecified atom stereocenters. The number of hydrogen-bond acceptors (Lipinski definition) is 2. The Morgan fingerprint density at radius 2 is 1.58 bits per heavy atom. The van der Waals surface area contributed by atoms with Gasteiger partial charge in [0.25, 0.3) is 0 Å². The predicted molar refractivity (Wildman–Crippen MR) is 117 cm³/mol. The molecule has 0 fully saturated rings. The van der Waals surface area contributed by atoms with Crippen LogP contribution in [-0.2, 0) is 4.43 Å². The molecule has 0 aliphatic heterocycles. The molecule has 2 nitrogen and oxygen atoms in total. The summed E-state index contributed by atoms with van der Waals surface area (Å²) in [5.74, 6) is 0.908. The predicted octanol–water partition coefficient (Wildman–Crippen LogP) is 7.67. The smallest absolute Gasteiger partial charge is 0.193 e. The molecule has 0 spiro atoms. The van der Waals surface area contributed by atoms with Gasteiger partial charge in [0, 0.05) is 0 Å². The lowest BCUT2D eigenvalue weighted by Gasteiger charge is -2.35. The molecule has 1 atom stereocenters. The zero-order valence-corrected chi connectivity index (χ0v) is 18.9. The molecular weight excluding hydrogens is 336 g/mol. The quantitative estimate of drug-likeness (QED) is 0.260. The van der Waals surface area contributed by atoms with E-state index in [0.717, 1.165) is 18.6 Å². The van der Waals surface area contributed by atoms with Gasteiger partial charge in [-0.3, -0.25) is 0 Å². The van der Waals surface area contributed by atoms with Crippen LogP contribution in [0.5, 0.6) is 5.75 Å². The van der Waals surface area contributed by atoms with Crippen molar-refractivity contribution in [2.45, 2.75) is 91.0 Å². The zero-order chi connectivity index (χ0) is 19.4. The van der Waals surface area contributed by atoms with E-state index in [9.17, 15) is 0 Å². The highest BCUT2D eigenvalue weighted by atomic mass is 28.4. The standard InChI is InChI=1S/C23H40O2Si/c1-7-12-14-20(15-13-8-2)23(25-26(9-3,10-4)11-5)21-16-18-22(24-6)19-17-21/h14,16-19,23H,7-13,15H2,1-6H3/b20-14-/t23-/m1/s1. The van der Waals surface area contributed by atoms with Crippen LogP contribution in [0.4, 0.5) is 0 Å². The topological polar surface area (TPSA) is 18.5 Å². The zero-order valence-electron chi connectivity index (χ0n) is 17.9. The van der Waals surface area contributed by atoms with E-state index in [1.807, 2.05) is 0 Å². The van der Waals surface area contributed by atoms with E-state index in [0.29, 0.717) is 0 Å². The van der Waals surface area contributed by atoms with Gasteiger partial charge in [-0.2, -0.15) is 0 Å². The van der Waals surface area contributed by atoms with E-state index < -0.39 is 8.32 Å². The molecule has 0 N–H and O–H groups in total. The molecule has 0 bridgehead atoms. The van der Waals surface area contributed by atoms with Crippen molar-refractivity contribution in [3.63, 3.8) is 0 Å². The summed E-state index contributed by atoms with van der Waals surface area (Å²) in [6, 6.07) is 12.1. The Bertz CT molecular complexity index is 509. The summed E-state index contributed by atoms with van der Waals surface area (Å²) >= 11 is 0. The van der Waals surface area contributed by atoms with Crippen LogP contribution in [0.3, 0.4) is 0 Å². The molecule has 0 heterocycles. The molecule has 3 heteroatoms. The summed E-state index contributed by atoms with van der Waals surface area (Å²) in [6.45, 7) is 11.5. The monoisotopic (exact) mass is 376 g/mol. The molecule has 0 aliphatic rings. The molecule has 0 aliphatic carbocycles. The van der Waals surface area contributed by atoms with Crippen molar-refractivity contribution in [1.29, 1.82) is 0 Å². The highest BCUT2D eigenvalue weighted by molar-refractivity contribution is 6.73. The van der Waals surface area contributed by atoms with Gasteiger partial charge in [0.1, 0.15) is 5.75 Å². The van der Waals surface area contributed by atoms with Crippen LogP contribution in [0.2, 0.25) is 18.1 Å². The van der Waals surface area contributed by atoms with Gasteiger partial charge in [-0.25, -0.2) is 0 Å². The molecule has 1 aromatic rings. The lowest BCUT2D eigenvalue weighted by Crippen LogP contribution is -2.37. The van der Waals surface area contributed by atoms with Crippen LogP contribution in [0.1, 0.15) is 78.4 Å². The number of allylic oxidation sites excluding steroid dienone is 1. The largest absolute Gasteiger partial charge is 0.497 e. The Morgan fingerprint density at radius 3 is 2.04 bits per heavy atom. The van der Waals surface area contributed by atoms with Gasteiger partial charge in [0.15, 0.2) is 8.32 Å². The molecule has 0 aromatic heterocycles. The fraction of sp³-hybridized carbons (Fsp3) is 0.652. The Morgan fingerprint density at radius 1 is 0.962 bits per heavy atom.